The number of hydrogen-bond donors (Lipinski definition) is 2. The molecule has 3 N–H and O–H groups in total. The summed E-state index contributed by atoms with van der Waals surface area (Å²) in [7, 11) is 1.54. The van der Waals surface area contributed by atoms with Crippen LogP contribution in [0.5, 0.6) is 5.75 Å². The molecule has 0 atom stereocenters. The van der Waals surface area contributed by atoms with Crippen molar-refractivity contribution >= 4 is 38.6 Å². The maximum atomic E-state index is 13.4. The number of nitrogens with one attached hydrogen (secondary N) is 1. The van der Waals surface area contributed by atoms with E-state index in [1.807, 2.05) is 32.0 Å². The molecule has 0 bridgehead atoms. The van der Waals surface area contributed by atoms with Gasteiger partial charge in [0, 0.05) is 34.1 Å². The molecule has 39 heavy (non-hydrogen) atoms. The number of aryl methyl sites for hydroxylation is 2. The molecular formula is C29H22N6O3S. The van der Waals surface area contributed by atoms with Gasteiger partial charge in [0.05, 0.1) is 30.0 Å². The predicted molar refractivity (Wildman–Crippen MR) is 150 cm³/mol. The van der Waals surface area contributed by atoms with Gasteiger partial charge in [-0.05, 0) is 67.9 Å². The molecule has 10 heteroatoms. The Hall–Kier alpha value is -5.14. The van der Waals surface area contributed by atoms with Crippen molar-refractivity contribution in [2.45, 2.75) is 13.8 Å². The fraction of sp³-hybridized carbons (Fsp3) is 0.103. The van der Waals surface area contributed by atoms with E-state index in [1.165, 1.54) is 24.6 Å². The highest BCUT2D eigenvalue weighted by Crippen LogP contribution is 2.35. The van der Waals surface area contributed by atoms with Gasteiger partial charge in [0.15, 0.2) is 5.13 Å². The van der Waals surface area contributed by atoms with E-state index in [0.717, 1.165) is 11.1 Å². The molecule has 5 aromatic rings. The van der Waals surface area contributed by atoms with Crippen LogP contribution in [0.1, 0.15) is 37.5 Å². The first-order valence-electron chi connectivity index (χ1n) is 11.8. The van der Waals surface area contributed by atoms with Gasteiger partial charge in [0.25, 0.3) is 5.91 Å². The standard InChI is InChI=1S/C29H22N6O3S/c1-15-10-18(5-6-19(15)26(31)36)23-7-8-24-28(33-23)39-29(34-24)35-27(37)22-14-32-16(2)11-20(22)21-12-17(13-30)4-9-25(21)38-3/h4-12,14H,1-3H3,(H2,31,36)(H,34,35,37). The number of primary amides is 1. The Morgan fingerprint density at radius 1 is 1.00 bits per heavy atom. The van der Waals surface area contributed by atoms with Crippen LogP contribution in [0.15, 0.2) is 60.8 Å². The Labute approximate surface area is 227 Å². The predicted octanol–water partition coefficient (Wildman–Crippen LogP) is 5.27. The molecule has 0 unspecified atom stereocenters. The maximum Gasteiger partial charge on any atom is 0.259 e. The number of ether oxygens (including phenoxy) is 1. The third kappa shape index (κ3) is 5.03. The molecule has 3 heterocycles. The summed E-state index contributed by atoms with van der Waals surface area (Å²) in [6, 6.07) is 18.0. The highest BCUT2D eigenvalue weighted by molar-refractivity contribution is 7.22. The number of methoxy groups -OCH3 is 1. The van der Waals surface area contributed by atoms with Gasteiger partial charge in [-0.25, -0.2) is 9.97 Å². The molecule has 0 aliphatic rings. The van der Waals surface area contributed by atoms with Crippen LogP contribution in [-0.2, 0) is 0 Å². The summed E-state index contributed by atoms with van der Waals surface area (Å²) in [6.07, 6.45) is 1.50. The summed E-state index contributed by atoms with van der Waals surface area (Å²) in [4.78, 5) is 39.2. The molecule has 0 saturated heterocycles. The normalized spacial score (nSPS) is 10.7. The van der Waals surface area contributed by atoms with Crippen LogP contribution in [0.2, 0.25) is 0 Å². The molecule has 5 rings (SSSR count). The number of carbonyl (C=O) groups excluding carboxylic acids is 2. The molecule has 0 saturated carbocycles. The number of nitrogens with two attached hydrogens (primary N) is 1. The molecule has 2 aromatic carbocycles. The van der Waals surface area contributed by atoms with E-state index in [1.54, 1.807) is 36.4 Å². The van der Waals surface area contributed by atoms with Crippen LogP contribution in [-0.4, -0.2) is 33.9 Å². The van der Waals surface area contributed by atoms with Crippen molar-refractivity contribution < 1.29 is 14.3 Å². The zero-order valence-electron chi connectivity index (χ0n) is 21.3. The summed E-state index contributed by atoms with van der Waals surface area (Å²) in [5.74, 6) is -0.350. The molecule has 0 fully saturated rings. The summed E-state index contributed by atoms with van der Waals surface area (Å²) in [6.45, 7) is 3.65. The zero-order chi connectivity index (χ0) is 27.7. The van der Waals surface area contributed by atoms with E-state index in [2.05, 4.69) is 21.4 Å². The second-order valence-electron chi connectivity index (χ2n) is 8.79. The number of fused-ring (bicyclic) bond motifs is 1. The van der Waals surface area contributed by atoms with Crippen molar-refractivity contribution in [2.75, 3.05) is 12.4 Å². The van der Waals surface area contributed by atoms with Crippen LogP contribution in [0, 0.1) is 25.2 Å². The third-order valence-corrected chi connectivity index (χ3v) is 7.05. The van der Waals surface area contributed by atoms with Crippen LogP contribution in [0.3, 0.4) is 0 Å². The number of pyridine rings is 2. The lowest BCUT2D eigenvalue weighted by Crippen LogP contribution is -2.14. The molecular weight excluding hydrogens is 512 g/mol. The third-order valence-electron chi connectivity index (χ3n) is 6.17. The quantitative estimate of drug-likeness (QED) is 0.302. The molecule has 3 aromatic heterocycles. The summed E-state index contributed by atoms with van der Waals surface area (Å²) >= 11 is 1.24. The van der Waals surface area contributed by atoms with Gasteiger partial charge in [-0.15, -0.1) is 0 Å². The van der Waals surface area contributed by atoms with Gasteiger partial charge in [-0.2, -0.15) is 5.26 Å². The molecule has 192 valence electrons. The minimum absolute atomic E-state index is 0.312. The highest BCUT2D eigenvalue weighted by atomic mass is 32.1. The van der Waals surface area contributed by atoms with Crippen molar-refractivity contribution in [2.24, 2.45) is 5.73 Å². The number of anilines is 1. The van der Waals surface area contributed by atoms with Crippen molar-refractivity contribution in [3.05, 3.63) is 88.7 Å². The number of amides is 2. The summed E-state index contributed by atoms with van der Waals surface area (Å²) in [5.41, 5.74) is 11.5. The van der Waals surface area contributed by atoms with E-state index in [4.69, 9.17) is 15.5 Å². The van der Waals surface area contributed by atoms with Gasteiger partial charge >= 0.3 is 0 Å². The number of hydrogen-bond acceptors (Lipinski definition) is 8. The van der Waals surface area contributed by atoms with Gasteiger partial charge in [0.2, 0.25) is 5.91 Å². The lowest BCUT2D eigenvalue weighted by Gasteiger charge is -2.13. The first-order chi connectivity index (χ1) is 18.8. The minimum Gasteiger partial charge on any atom is -0.496 e. The minimum atomic E-state index is -0.478. The van der Waals surface area contributed by atoms with E-state index in [-0.39, 0.29) is 0 Å². The second kappa shape index (κ2) is 10.3. The van der Waals surface area contributed by atoms with Gasteiger partial charge in [-0.1, -0.05) is 17.4 Å². The van der Waals surface area contributed by atoms with Crippen molar-refractivity contribution in [1.82, 2.24) is 15.0 Å². The van der Waals surface area contributed by atoms with Crippen molar-refractivity contribution in [3.63, 3.8) is 0 Å². The Morgan fingerprint density at radius 3 is 2.54 bits per heavy atom. The first-order valence-corrected chi connectivity index (χ1v) is 12.6. The molecule has 2 amide bonds. The SMILES string of the molecule is COc1ccc(C#N)cc1-c1cc(C)ncc1C(=O)Nc1nc2ccc(-c3ccc(C(N)=O)c(C)c3)nc2s1. The van der Waals surface area contributed by atoms with Gasteiger partial charge < -0.3 is 10.5 Å². The summed E-state index contributed by atoms with van der Waals surface area (Å²) in [5, 5.41) is 12.6. The highest BCUT2D eigenvalue weighted by Gasteiger charge is 2.19. The van der Waals surface area contributed by atoms with E-state index >= 15 is 0 Å². The first kappa shape index (κ1) is 25.5. The maximum absolute atomic E-state index is 13.4. The second-order valence-corrected chi connectivity index (χ2v) is 9.76. The van der Waals surface area contributed by atoms with Crippen LogP contribution in [0.4, 0.5) is 5.13 Å². The Bertz CT molecular complexity index is 1820. The average molecular weight is 535 g/mol. The molecule has 0 spiro atoms. The molecule has 0 aliphatic carbocycles. The smallest absolute Gasteiger partial charge is 0.259 e. The molecule has 9 nitrogen and oxygen atoms in total. The van der Waals surface area contributed by atoms with Crippen LogP contribution in [0.25, 0.3) is 32.7 Å². The Balaban J connectivity index is 1.47. The zero-order valence-corrected chi connectivity index (χ0v) is 22.1. The van der Waals surface area contributed by atoms with Crippen LogP contribution < -0.4 is 15.8 Å². The fourth-order valence-corrected chi connectivity index (χ4v) is 5.08. The van der Waals surface area contributed by atoms with Crippen molar-refractivity contribution in [1.29, 1.82) is 5.26 Å². The lowest BCUT2D eigenvalue weighted by atomic mass is 9.97. The topological polar surface area (TPSA) is 144 Å². The Kier molecular flexibility index (Phi) is 6.75. The molecule has 0 radical (unpaired) electrons. The number of nitriles is 1. The monoisotopic (exact) mass is 534 g/mol. The number of thiazole rings is 1. The van der Waals surface area contributed by atoms with Gasteiger partial charge in [0.1, 0.15) is 16.1 Å². The van der Waals surface area contributed by atoms with Crippen LogP contribution >= 0.6 is 11.3 Å². The van der Waals surface area contributed by atoms with E-state index in [9.17, 15) is 14.9 Å². The fourth-order valence-electron chi connectivity index (χ4n) is 4.25. The Morgan fingerprint density at radius 2 is 1.82 bits per heavy atom. The lowest BCUT2D eigenvalue weighted by molar-refractivity contribution is 0.0997. The van der Waals surface area contributed by atoms with Gasteiger partial charge in [-0.3, -0.25) is 19.9 Å². The summed E-state index contributed by atoms with van der Waals surface area (Å²) < 4.78 is 5.50. The average Bonchev–Trinajstić information content (AvgIpc) is 3.33. The van der Waals surface area contributed by atoms with Crippen molar-refractivity contribution in [3.8, 4) is 34.2 Å². The number of nitrogens with zero attached hydrogens (tertiary/aromatic N) is 4. The van der Waals surface area contributed by atoms with E-state index in [0.29, 0.717) is 60.4 Å². The largest absolute Gasteiger partial charge is 0.496 e. The number of rotatable bonds is 6. The number of carbonyl (C=O) groups is 2. The number of aromatic nitrogens is 3. The van der Waals surface area contributed by atoms with E-state index < -0.39 is 11.8 Å². The number of benzene rings is 2. The molecule has 0 aliphatic heterocycles.